The Labute approximate surface area is 155 Å². The van der Waals surface area contributed by atoms with Crippen molar-refractivity contribution in [1.82, 2.24) is 10.2 Å². The molecule has 132 valence electrons. The second-order valence-electron chi connectivity index (χ2n) is 5.03. The predicted molar refractivity (Wildman–Crippen MR) is 97.2 cm³/mol. The molecule has 8 heteroatoms. The third kappa shape index (κ3) is 5.73. The lowest BCUT2D eigenvalue weighted by molar-refractivity contribution is -0.137. The standard InChI is InChI=1S/C16H18F3N3O.HI/c1-20-15(21-10-14-4-3-9-23-14)22(2)11-12-5-7-13(8-6-12)16(17,18)19;/h3-9H,10-11H2,1-2H3,(H,20,21);1H. The molecule has 0 aliphatic heterocycles. The Bertz CT molecular complexity index is 640. The summed E-state index contributed by atoms with van der Waals surface area (Å²) >= 11 is 0. The summed E-state index contributed by atoms with van der Waals surface area (Å²) in [7, 11) is 3.46. The number of halogens is 4. The van der Waals surface area contributed by atoms with Gasteiger partial charge >= 0.3 is 6.18 Å². The molecule has 1 aromatic heterocycles. The topological polar surface area (TPSA) is 40.8 Å². The van der Waals surface area contributed by atoms with E-state index in [0.717, 1.165) is 23.5 Å². The molecule has 0 spiro atoms. The third-order valence-electron chi connectivity index (χ3n) is 3.28. The van der Waals surface area contributed by atoms with E-state index >= 15 is 0 Å². The van der Waals surface area contributed by atoms with Gasteiger partial charge < -0.3 is 14.6 Å². The van der Waals surface area contributed by atoms with Crippen LogP contribution in [-0.4, -0.2) is 25.0 Å². The van der Waals surface area contributed by atoms with E-state index in [9.17, 15) is 13.2 Å². The predicted octanol–water partition coefficient (Wildman–Crippen LogP) is 4.12. The van der Waals surface area contributed by atoms with Crippen LogP contribution in [0.1, 0.15) is 16.9 Å². The van der Waals surface area contributed by atoms with Crippen LogP contribution in [0.3, 0.4) is 0 Å². The van der Waals surface area contributed by atoms with Gasteiger partial charge in [0.15, 0.2) is 5.96 Å². The fourth-order valence-corrected chi connectivity index (χ4v) is 2.11. The Morgan fingerprint density at radius 1 is 1.21 bits per heavy atom. The lowest BCUT2D eigenvalue weighted by atomic mass is 10.1. The van der Waals surface area contributed by atoms with Gasteiger partial charge in [-0.1, -0.05) is 12.1 Å². The van der Waals surface area contributed by atoms with Crippen molar-refractivity contribution in [3.8, 4) is 0 Å². The molecule has 24 heavy (non-hydrogen) atoms. The maximum absolute atomic E-state index is 12.6. The Morgan fingerprint density at radius 3 is 2.38 bits per heavy atom. The summed E-state index contributed by atoms with van der Waals surface area (Å²) in [6.07, 6.45) is -2.73. The number of alkyl halides is 3. The van der Waals surface area contributed by atoms with Crippen LogP contribution in [0.5, 0.6) is 0 Å². The van der Waals surface area contributed by atoms with Gasteiger partial charge in [-0.2, -0.15) is 13.2 Å². The van der Waals surface area contributed by atoms with E-state index in [1.165, 1.54) is 12.1 Å². The number of hydrogen-bond acceptors (Lipinski definition) is 2. The molecule has 0 bridgehead atoms. The molecule has 0 saturated heterocycles. The highest BCUT2D eigenvalue weighted by atomic mass is 127. The first-order chi connectivity index (χ1) is 10.9. The Hall–Kier alpha value is -1.71. The van der Waals surface area contributed by atoms with Crippen LogP contribution in [-0.2, 0) is 19.3 Å². The Morgan fingerprint density at radius 2 is 1.88 bits per heavy atom. The van der Waals surface area contributed by atoms with E-state index in [1.807, 2.05) is 18.0 Å². The van der Waals surface area contributed by atoms with Crippen molar-refractivity contribution in [2.24, 2.45) is 4.99 Å². The fraction of sp³-hybridized carbons (Fsp3) is 0.312. The van der Waals surface area contributed by atoms with E-state index in [-0.39, 0.29) is 24.0 Å². The van der Waals surface area contributed by atoms with Crippen molar-refractivity contribution in [3.63, 3.8) is 0 Å². The van der Waals surface area contributed by atoms with Gasteiger partial charge in [-0.3, -0.25) is 4.99 Å². The van der Waals surface area contributed by atoms with E-state index in [2.05, 4.69) is 10.3 Å². The van der Waals surface area contributed by atoms with Gasteiger partial charge in [0.2, 0.25) is 0 Å². The summed E-state index contributed by atoms with van der Waals surface area (Å²) in [5.41, 5.74) is 0.116. The van der Waals surface area contributed by atoms with Crippen LogP contribution in [0.25, 0.3) is 0 Å². The quantitative estimate of drug-likeness (QED) is 0.430. The van der Waals surface area contributed by atoms with Crippen LogP contribution >= 0.6 is 24.0 Å². The lowest BCUT2D eigenvalue weighted by Gasteiger charge is -2.22. The molecule has 1 heterocycles. The van der Waals surface area contributed by atoms with Crippen LogP contribution in [0.4, 0.5) is 13.2 Å². The number of aliphatic imine (C=N–C) groups is 1. The van der Waals surface area contributed by atoms with Crippen LogP contribution in [0, 0.1) is 0 Å². The maximum Gasteiger partial charge on any atom is 0.416 e. The van der Waals surface area contributed by atoms with Crippen molar-refractivity contribution in [2.75, 3.05) is 14.1 Å². The zero-order valence-corrected chi connectivity index (χ0v) is 15.6. The van der Waals surface area contributed by atoms with Gasteiger partial charge in [0.05, 0.1) is 18.4 Å². The molecule has 0 fully saturated rings. The molecule has 2 rings (SSSR count). The summed E-state index contributed by atoms with van der Waals surface area (Å²) < 4.78 is 42.9. The smallest absolute Gasteiger partial charge is 0.416 e. The van der Waals surface area contributed by atoms with Crippen LogP contribution in [0.2, 0.25) is 0 Å². The third-order valence-corrected chi connectivity index (χ3v) is 3.28. The number of nitrogens with one attached hydrogen (secondary N) is 1. The molecule has 0 aliphatic carbocycles. The van der Waals surface area contributed by atoms with Gasteiger partial charge in [0.1, 0.15) is 5.76 Å². The summed E-state index contributed by atoms with van der Waals surface area (Å²) in [5, 5.41) is 3.13. The molecular formula is C16H19F3IN3O. The lowest BCUT2D eigenvalue weighted by Crippen LogP contribution is -2.37. The van der Waals surface area contributed by atoms with Crippen molar-refractivity contribution in [2.45, 2.75) is 19.3 Å². The molecule has 0 unspecified atom stereocenters. The molecule has 0 radical (unpaired) electrons. The normalized spacial score (nSPS) is 11.8. The highest BCUT2D eigenvalue weighted by molar-refractivity contribution is 14.0. The second-order valence-corrected chi connectivity index (χ2v) is 5.03. The summed E-state index contributed by atoms with van der Waals surface area (Å²) in [5.74, 6) is 1.40. The molecule has 1 N–H and O–H groups in total. The Kier molecular flexibility index (Phi) is 7.59. The summed E-state index contributed by atoms with van der Waals surface area (Å²) in [6.45, 7) is 0.924. The van der Waals surface area contributed by atoms with Crippen LogP contribution in [0.15, 0.2) is 52.1 Å². The highest BCUT2D eigenvalue weighted by Gasteiger charge is 2.29. The first kappa shape index (κ1) is 20.3. The summed E-state index contributed by atoms with van der Waals surface area (Å²) in [4.78, 5) is 5.98. The first-order valence-corrected chi connectivity index (χ1v) is 7.00. The van der Waals surface area contributed by atoms with Gasteiger partial charge in [0, 0.05) is 20.6 Å². The maximum atomic E-state index is 12.6. The van der Waals surface area contributed by atoms with E-state index in [0.29, 0.717) is 19.0 Å². The minimum atomic E-state index is -4.31. The van der Waals surface area contributed by atoms with Gasteiger partial charge in [0.25, 0.3) is 0 Å². The van der Waals surface area contributed by atoms with Crippen molar-refractivity contribution < 1.29 is 17.6 Å². The average molecular weight is 453 g/mol. The summed E-state index contributed by atoms with van der Waals surface area (Å²) in [6, 6.07) is 8.75. The number of hydrogen-bond donors (Lipinski definition) is 1. The fourth-order valence-electron chi connectivity index (χ4n) is 2.11. The zero-order valence-electron chi connectivity index (χ0n) is 13.3. The number of nitrogens with zero attached hydrogens (tertiary/aromatic N) is 2. The van der Waals surface area contributed by atoms with Crippen molar-refractivity contribution in [3.05, 3.63) is 59.5 Å². The van der Waals surface area contributed by atoms with Crippen molar-refractivity contribution >= 4 is 29.9 Å². The molecule has 1 aromatic carbocycles. The molecule has 0 aliphatic rings. The van der Waals surface area contributed by atoms with E-state index in [1.54, 1.807) is 19.4 Å². The number of benzene rings is 1. The molecule has 4 nitrogen and oxygen atoms in total. The average Bonchev–Trinajstić information content (AvgIpc) is 3.01. The molecule has 0 saturated carbocycles. The van der Waals surface area contributed by atoms with Crippen molar-refractivity contribution in [1.29, 1.82) is 0 Å². The highest BCUT2D eigenvalue weighted by Crippen LogP contribution is 2.29. The van der Waals surface area contributed by atoms with Gasteiger partial charge in [-0.05, 0) is 29.8 Å². The number of guanidine groups is 1. The number of rotatable bonds is 4. The van der Waals surface area contributed by atoms with E-state index in [4.69, 9.17) is 4.42 Å². The van der Waals surface area contributed by atoms with Crippen LogP contribution < -0.4 is 5.32 Å². The zero-order chi connectivity index (χ0) is 16.9. The van der Waals surface area contributed by atoms with Gasteiger partial charge in [-0.25, -0.2) is 0 Å². The molecule has 2 aromatic rings. The molecule has 0 amide bonds. The molecular weight excluding hydrogens is 434 g/mol. The second kappa shape index (κ2) is 8.95. The minimum absolute atomic E-state index is 0. The van der Waals surface area contributed by atoms with E-state index < -0.39 is 11.7 Å². The molecule has 0 atom stereocenters. The largest absolute Gasteiger partial charge is 0.467 e. The first-order valence-electron chi connectivity index (χ1n) is 7.00. The Balaban J connectivity index is 0.00000288. The monoisotopic (exact) mass is 453 g/mol. The van der Waals surface area contributed by atoms with Gasteiger partial charge in [-0.15, -0.1) is 24.0 Å². The number of furan rings is 1. The SMILES string of the molecule is CN=C(NCc1ccco1)N(C)Cc1ccc(C(F)(F)F)cc1.I. The minimum Gasteiger partial charge on any atom is -0.467 e.